The van der Waals surface area contributed by atoms with Crippen molar-refractivity contribution >= 4 is 32.5 Å². The number of hydrogen-bond acceptors (Lipinski definition) is 3. The highest BCUT2D eigenvalue weighted by Gasteiger charge is 2.36. The molecule has 9 heteroatoms. The van der Waals surface area contributed by atoms with E-state index in [1.54, 1.807) is 4.57 Å². The molecule has 4 rings (SSSR count). The zero-order valence-corrected chi connectivity index (χ0v) is 16.5. The fourth-order valence-electron chi connectivity index (χ4n) is 3.10. The number of rotatable bonds is 3. The third kappa shape index (κ3) is 3.51. The van der Waals surface area contributed by atoms with Gasteiger partial charge in [0.15, 0.2) is 11.5 Å². The van der Waals surface area contributed by atoms with Crippen LogP contribution in [-0.4, -0.2) is 14.7 Å². The Morgan fingerprint density at radius 1 is 1.21 bits per heavy atom. The Morgan fingerprint density at radius 2 is 2.00 bits per heavy atom. The van der Waals surface area contributed by atoms with Crippen LogP contribution < -0.4 is 0 Å². The summed E-state index contributed by atoms with van der Waals surface area (Å²) in [6.45, 7) is 9.11. The predicted molar refractivity (Wildman–Crippen MR) is 104 cm³/mol. The van der Waals surface area contributed by atoms with Crippen molar-refractivity contribution in [1.82, 2.24) is 14.7 Å². The van der Waals surface area contributed by atoms with Crippen molar-refractivity contribution in [2.24, 2.45) is 0 Å². The summed E-state index contributed by atoms with van der Waals surface area (Å²) < 4.78 is 48.2. The number of aryl methyl sites for hydroxylation is 1. The number of hydrogen-bond donors (Lipinski definition) is 0. The van der Waals surface area contributed by atoms with Gasteiger partial charge < -0.3 is 9.09 Å². The molecule has 0 N–H and O–H groups in total. The lowest BCUT2D eigenvalue weighted by atomic mass is 10.1. The van der Waals surface area contributed by atoms with Gasteiger partial charge >= 0.3 is 6.18 Å². The van der Waals surface area contributed by atoms with Crippen molar-refractivity contribution in [2.45, 2.75) is 19.6 Å². The molecular weight excluding hydrogens is 449 g/mol. The number of halogens is 4. The molecule has 0 saturated heterocycles. The minimum Gasteiger partial charge on any atom is -0.340 e. The molecule has 0 amide bonds. The van der Waals surface area contributed by atoms with Gasteiger partial charge in [-0.3, -0.25) is 0 Å². The number of nitrogens with zero attached hydrogens (tertiary/aromatic N) is 4. The van der Waals surface area contributed by atoms with Gasteiger partial charge in [0, 0.05) is 27.1 Å². The maximum atomic E-state index is 13.5. The van der Waals surface area contributed by atoms with Crippen LogP contribution >= 0.6 is 15.9 Å². The van der Waals surface area contributed by atoms with Gasteiger partial charge in [0.25, 0.3) is 5.89 Å². The van der Waals surface area contributed by atoms with Crippen molar-refractivity contribution in [3.05, 3.63) is 75.4 Å². The average Bonchev–Trinajstić information content (AvgIpc) is 3.30. The van der Waals surface area contributed by atoms with E-state index in [1.165, 1.54) is 24.4 Å². The SMILES string of the molecule is [C-]#[N+]c1ccc2c(ccn2Cc2noc(-c3ccc(C)c(Br)c3)n2)c1C(F)(F)F. The molecule has 0 saturated carbocycles. The van der Waals surface area contributed by atoms with Crippen molar-refractivity contribution in [3.63, 3.8) is 0 Å². The van der Waals surface area contributed by atoms with Gasteiger partial charge in [0.1, 0.15) is 0 Å². The Labute approximate surface area is 171 Å². The van der Waals surface area contributed by atoms with Crippen LogP contribution in [0.25, 0.3) is 27.2 Å². The van der Waals surface area contributed by atoms with E-state index in [-0.39, 0.29) is 11.9 Å². The Hall–Kier alpha value is -3.12. The van der Waals surface area contributed by atoms with Crippen LogP contribution in [0.15, 0.2) is 51.6 Å². The van der Waals surface area contributed by atoms with E-state index < -0.39 is 17.4 Å². The molecule has 0 unspecified atom stereocenters. The predicted octanol–water partition coefficient (Wildman–Crippen LogP) is 6.38. The van der Waals surface area contributed by atoms with Crippen LogP contribution in [0.3, 0.4) is 0 Å². The fourth-order valence-corrected chi connectivity index (χ4v) is 3.48. The largest absolute Gasteiger partial charge is 0.408 e. The first kappa shape index (κ1) is 19.2. The molecule has 0 radical (unpaired) electrons. The first-order valence-electron chi connectivity index (χ1n) is 8.43. The van der Waals surface area contributed by atoms with Gasteiger partial charge in [-0.05, 0) is 36.8 Å². The summed E-state index contributed by atoms with van der Waals surface area (Å²) in [5.74, 6) is 0.653. The molecule has 0 atom stereocenters. The fraction of sp³-hybridized carbons (Fsp3) is 0.150. The van der Waals surface area contributed by atoms with Crippen molar-refractivity contribution in [3.8, 4) is 11.5 Å². The number of aromatic nitrogens is 3. The van der Waals surface area contributed by atoms with E-state index in [9.17, 15) is 13.2 Å². The smallest absolute Gasteiger partial charge is 0.340 e. The summed E-state index contributed by atoms with van der Waals surface area (Å²) in [7, 11) is 0. The number of fused-ring (bicyclic) bond motifs is 1. The first-order valence-corrected chi connectivity index (χ1v) is 9.23. The van der Waals surface area contributed by atoms with E-state index in [0.29, 0.717) is 17.2 Å². The minimum absolute atomic E-state index is 0.0304. The minimum atomic E-state index is -4.62. The van der Waals surface area contributed by atoms with Gasteiger partial charge in [-0.25, -0.2) is 4.85 Å². The van der Waals surface area contributed by atoms with E-state index >= 15 is 0 Å². The van der Waals surface area contributed by atoms with Gasteiger partial charge in [-0.1, -0.05) is 33.2 Å². The standard InChI is InChI=1S/C20H12BrF3N4O/c1-11-3-4-12(9-14(11)21)19-26-17(27-29-19)10-28-8-7-13-16(28)6-5-15(25-2)18(13)20(22,23)24/h3-9H,10H2,1H3. The maximum absolute atomic E-state index is 13.5. The Morgan fingerprint density at radius 3 is 2.69 bits per heavy atom. The molecule has 146 valence electrons. The summed E-state index contributed by atoms with van der Waals surface area (Å²) in [5, 5.41) is 3.91. The van der Waals surface area contributed by atoms with Crippen LogP contribution in [0.1, 0.15) is 17.0 Å². The molecular formula is C20H12BrF3N4O. The lowest BCUT2D eigenvalue weighted by Crippen LogP contribution is -2.06. The molecule has 2 heterocycles. The molecule has 5 nitrogen and oxygen atoms in total. The zero-order valence-electron chi connectivity index (χ0n) is 15.0. The Bertz CT molecular complexity index is 1270. The quantitative estimate of drug-likeness (QED) is 0.333. The molecule has 0 bridgehead atoms. The first-order chi connectivity index (χ1) is 13.8. The van der Waals surface area contributed by atoms with Crippen molar-refractivity contribution in [1.29, 1.82) is 0 Å². The topological polar surface area (TPSA) is 48.2 Å². The van der Waals surface area contributed by atoms with Crippen LogP contribution in [0.4, 0.5) is 18.9 Å². The molecule has 0 spiro atoms. The summed E-state index contributed by atoms with van der Waals surface area (Å²) in [6, 6.07) is 9.65. The molecule has 0 fully saturated rings. The Balaban J connectivity index is 1.70. The second-order valence-corrected chi connectivity index (χ2v) is 7.28. The molecule has 4 aromatic rings. The molecule has 2 aromatic heterocycles. The van der Waals surface area contributed by atoms with Gasteiger partial charge in [-0.15, -0.1) is 0 Å². The van der Waals surface area contributed by atoms with Crippen LogP contribution in [-0.2, 0) is 12.7 Å². The van der Waals surface area contributed by atoms with E-state index in [4.69, 9.17) is 11.1 Å². The molecule has 29 heavy (non-hydrogen) atoms. The molecule has 0 aliphatic heterocycles. The van der Waals surface area contributed by atoms with Crippen LogP contribution in [0.2, 0.25) is 0 Å². The second-order valence-electron chi connectivity index (χ2n) is 6.43. The maximum Gasteiger partial charge on any atom is 0.408 e. The van der Waals surface area contributed by atoms with E-state index in [2.05, 4.69) is 30.9 Å². The molecule has 0 aliphatic rings. The highest BCUT2D eigenvalue weighted by atomic mass is 79.9. The second kappa shape index (κ2) is 7.04. The average molecular weight is 461 g/mol. The summed E-state index contributed by atoms with van der Waals surface area (Å²) in [5.41, 5.74) is 0.789. The highest BCUT2D eigenvalue weighted by Crippen LogP contribution is 2.41. The molecule has 2 aromatic carbocycles. The third-order valence-electron chi connectivity index (χ3n) is 4.53. The molecule has 0 aliphatic carbocycles. The number of alkyl halides is 3. The Kier molecular flexibility index (Phi) is 4.67. The lowest BCUT2D eigenvalue weighted by Gasteiger charge is -2.11. The third-order valence-corrected chi connectivity index (χ3v) is 5.39. The van der Waals surface area contributed by atoms with Gasteiger partial charge in [0.2, 0.25) is 0 Å². The summed E-state index contributed by atoms with van der Waals surface area (Å²) >= 11 is 3.45. The normalized spacial score (nSPS) is 11.7. The van der Waals surface area contributed by atoms with Gasteiger partial charge in [0.05, 0.1) is 18.7 Å². The van der Waals surface area contributed by atoms with Crippen molar-refractivity contribution in [2.75, 3.05) is 0 Å². The van der Waals surface area contributed by atoms with E-state index in [1.807, 2.05) is 25.1 Å². The summed E-state index contributed by atoms with van der Waals surface area (Å²) in [6.07, 6.45) is -3.10. The summed E-state index contributed by atoms with van der Waals surface area (Å²) in [4.78, 5) is 7.36. The monoisotopic (exact) mass is 460 g/mol. The van der Waals surface area contributed by atoms with Crippen molar-refractivity contribution < 1.29 is 17.7 Å². The van der Waals surface area contributed by atoms with Crippen LogP contribution in [0.5, 0.6) is 0 Å². The highest BCUT2D eigenvalue weighted by molar-refractivity contribution is 9.10. The van der Waals surface area contributed by atoms with E-state index in [0.717, 1.165) is 15.6 Å². The number of benzene rings is 2. The van der Waals surface area contributed by atoms with Crippen LogP contribution in [0, 0.1) is 13.5 Å². The van der Waals surface area contributed by atoms with Gasteiger partial charge in [-0.2, -0.15) is 18.2 Å². The zero-order chi connectivity index (χ0) is 20.8. The lowest BCUT2D eigenvalue weighted by molar-refractivity contribution is -0.135.